The van der Waals surface area contributed by atoms with Gasteiger partial charge in [-0.25, -0.2) is 8.42 Å². The smallest absolute Gasteiger partial charge is 0.264 e. The molecule has 0 aliphatic carbocycles. The number of anilines is 1. The van der Waals surface area contributed by atoms with Crippen molar-refractivity contribution in [3.05, 3.63) is 102 Å². The van der Waals surface area contributed by atoms with Crippen molar-refractivity contribution in [1.29, 1.82) is 0 Å². The number of para-hydroxylation sites is 1. The van der Waals surface area contributed by atoms with Crippen molar-refractivity contribution in [1.82, 2.24) is 5.32 Å². The zero-order valence-electron chi connectivity index (χ0n) is 18.6. The van der Waals surface area contributed by atoms with E-state index in [1.165, 1.54) is 15.9 Å². The Bertz CT molecular complexity index is 1240. The lowest BCUT2D eigenvalue weighted by molar-refractivity contribution is -0.117. The first-order chi connectivity index (χ1) is 15.9. The summed E-state index contributed by atoms with van der Waals surface area (Å²) in [6, 6.07) is 24.5. The number of amides is 1. The van der Waals surface area contributed by atoms with Crippen molar-refractivity contribution in [2.24, 2.45) is 0 Å². The van der Waals surface area contributed by atoms with E-state index in [1.807, 2.05) is 49.4 Å². The fourth-order valence-electron chi connectivity index (χ4n) is 4.00. The van der Waals surface area contributed by atoms with Gasteiger partial charge in [-0.15, -0.1) is 0 Å². The summed E-state index contributed by atoms with van der Waals surface area (Å²) in [6.45, 7) is 2.44. The standard InChI is InChI=1S/C27H28N2O3S/c1-21(11-12-22-7-3-2-4-8-22)28-27(30)18-15-23-13-16-25(17-14-23)33(31,32)29-20-19-24-9-5-6-10-26(24)29/h2-10,13-18,21H,11-12,19-20H2,1H3,(H,28,30). The molecule has 3 aromatic rings. The summed E-state index contributed by atoms with van der Waals surface area (Å²) >= 11 is 0. The normalized spacial score (nSPS) is 14.3. The maximum absolute atomic E-state index is 13.1. The van der Waals surface area contributed by atoms with Gasteiger partial charge >= 0.3 is 0 Å². The minimum absolute atomic E-state index is 0.0539. The topological polar surface area (TPSA) is 66.5 Å². The van der Waals surface area contributed by atoms with Crippen LogP contribution in [0, 0.1) is 0 Å². The quantitative estimate of drug-likeness (QED) is 0.500. The Morgan fingerprint density at radius 3 is 2.45 bits per heavy atom. The van der Waals surface area contributed by atoms with E-state index in [2.05, 4.69) is 17.4 Å². The summed E-state index contributed by atoms with van der Waals surface area (Å²) < 4.78 is 27.7. The van der Waals surface area contributed by atoms with Gasteiger partial charge in [-0.05, 0) is 67.2 Å². The molecule has 0 fully saturated rings. The number of carbonyl (C=O) groups is 1. The zero-order chi connectivity index (χ0) is 23.3. The van der Waals surface area contributed by atoms with Gasteiger partial charge < -0.3 is 5.32 Å². The fraction of sp³-hybridized carbons (Fsp3) is 0.222. The third-order valence-electron chi connectivity index (χ3n) is 5.84. The van der Waals surface area contributed by atoms with E-state index in [1.54, 1.807) is 30.3 Å². The molecule has 0 spiro atoms. The van der Waals surface area contributed by atoms with Crippen LogP contribution < -0.4 is 9.62 Å². The lowest BCUT2D eigenvalue weighted by Gasteiger charge is -2.19. The van der Waals surface area contributed by atoms with Crippen LogP contribution in [0.15, 0.2) is 89.8 Å². The second-order valence-electron chi connectivity index (χ2n) is 8.29. The van der Waals surface area contributed by atoms with Crippen LogP contribution >= 0.6 is 0 Å². The summed E-state index contributed by atoms with van der Waals surface area (Å²) in [5.41, 5.74) is 3.81. The molecule has 6 heteroatoms. The molecule has 170 valence electrons. The van der Waals surface area contributed by atoms with Crippen LogP contribution in [-0.2, 0) is 27.7 Å². The molecule has 4 rings (SSSR count). The Morgan fingerprint density at radius 2 is 1.70 bits per heavy atom. The van der Waals surface area contributed by atoms with Gasteiger partial charge in [0, 0.05) is 18.7 Å². The average Bonchev–Trinajstić information content (AvgIpc) is 3.27. The van der Waals surface area contributed by atoms with E-state index in [0.29, 0.717) is 6.54 Å². The summed E-state index contributed by atoms with van der Waals surface area (Å²) in [6.07, 6.45) is 5.66. The van der Waals surface area contributed by atoms with Crippen molar-refractivity contribution < 1.29 is 13.2 Å². The molecule has 1 N–H and O–H groups in total. The van der Waals surface area contributed by atoms with E-state index >= 15 is 0 Å². The second kappa shape index (κ2) is 10.0. The van der Waals surface area contributed by atoms with Crippen LogP contribution in [0.4, 0.5) is 5.69 Å². The lowest BCUT2D eigenvalue weighted by atomic mass is 10.1. The molecule has 0 saturated heterocycles. The summed E-state index contributed by atoms with van der Waals surface area (Å²) in [7, 11) is -3.62. The molecule has 1 aliphatic rings. The molecule has 1 amide bonds. The number of carbonyl (C=O) groups excluding carboxylic acids is 1. The van der Waals surface area contributed by atoms with Gasteiger partial charge in [0.15, 0.2) is 0 Å². The number of nitrogens with one attached hydrogen (secondary N) is 1. The molecule has 3 aromatic carbocycles. The molecule has 0 radical (unpaired) electrons. The SMILES string of the molecule is CC(CCc1ccccc1)NC(=O)C=Cc1ccc(S(=O)(=O)N2CCc3ccccc32)cc1. The molecule has 1 atom stereocenters. The monoisotopic (exact) mass is 460 g/mol. The lowest BCUT2D eigenvalue weighted by Crippen LogP contribution is -2.31. The van der Waals surface area contributed by atoms with Gasteiger partial charge in [-0.2, -0.15) is 0 Å². The van der Waals surface area contributed by atoms with Gasteiger partial charge in [-0.3, -0.25) is 9.10 Å². The van der Waals surface area contributed by atoms with Crippen molar-refractivity contribution >= 4 is 27.7 Å². The minimum Gasteiger partial charge on any atom is -0.350 e. The number of hydrogen-bond donors (Lipinski definition) is 1. The maximum Gasteiger partial charge on any atom is 0.264 e. The largest absolute Gasteiger partial charge is 0.350 e. The first-order valence-corrected chi connectivity index (χ1v) is 12.6. The number of nitrogens with zero attached hydrogens (tertiary/aromatic N) is 1. The molecule has 33 heavy (non-hydrogen) atoms. The van der Waals surface area contributed by atoms with Gasteiger partial charge in [0.25, 0.3) is 10.0 Å². The molecule has 1 heterocycles. The Labute approximate surface area is 195 Å². The predicted molar refractivity (Wildman–Crippen MR) is 133 cm³/mol. The number of benzene rings is 3. The highest BCUT2D eigenvalue weighted by Crippen LogP contribution is 2.32. The zero-order valence-corrected chi connectivity index (χ0v) is 19.5. The van der Waals surface area contributed by atoms with Crippen LogP contribution in [-0.4, -0.2) is 26.9 Å². The van der Waals surface area contributed by atoms with E-state index < -0.39 is 10.0 Å². The predicted octanol–water partition coefficient (Wildman–Crippen LogP) is 4.59. The highest BCUT2D eigenvalue weighted by atomic mass is 32.2. The number of rotatable bonds is 8. The molecule has 1 unspecified atom stereocenters. The first-order valence-electron chi connectivity index (χ1n) is 11.2. The van der Waals surface area contributed by atoms with Crippen LogP contribution in [0.1, 0.15) is 30.0 Å². The van der Waals surface area contributed by atoms with E-state index in [9.17, 15) is 13.2 Å². The third kappa shape index (κ3) is 5.52. The minimum atomic E-state index is -3.62. The van der Waals surface area contributed by atoms with Crippen molar-refractivity contribution in [3.63, 3.8) is 0 Å². The maximum atomic E-state index is 13.1. The number of sulfonamides is 1. The number of fused-ring (bicyclic) bond motifs is 1. The van der Waals surface area contributed by atoms with Gasteiger partial charge in [-0.1, -0.05) is 60.7 Å². The fourth-order valence-corrected chi connectivity index (χ4v) is 5.50. The second-order valence-corrected chi connectivity index (χ2v) is 10.2. The molecular formula is C27H28N2O3S. The van der Waals surface area contributed by atoms with Crippen molar-refractivity contribution in [2.75, 3.05) is 10.8 Å². The summed E-state index contributed by atoms with van der Waals surface area (Å²) in [5, 5.41) is 2.97. The van der Waals surface area contributed by atoms with Gasteiger partial charge in [0.05, 0.1) is 10.6 Å². The van der Waals surface area contributed by atoms with Crippen LogP contribution in [0.2, 0.25) is 0 Å². The number of hydrogen-bond acceptors (Lipinski definition) is 3. The molecule has 0 aromatic heterocycles. The van der Waals surface area contributed by atoms with Crippen molar-refractivity contribution in [3.8, 4) is 0 Å². The van der Waals surface area contributed by atoms with Gasteiger partial charge in [0.2, 0.25) is 5.91 Å². The van der Waals surface area contributed by atoms with Crippen LogP contribution in [0.5, 0.6) is 0 Å². The highest BCUT2D eigenvalue weighted by molar-refractivity contribution is 7.92. The Morgan fingerprint density at radius 1 is 1.00 bits per heavy atom. The third-order valence-corrected chi connectivity index (χ3v) is 7.66. The van der Waals surface area contributed by atoms with E-state index in [4.69, 9.17) is 0 Å². The molecule has 1 aliphatic heterocycles. The van der Waals surface area contributed by atoms with Crippen LogP contribution in [0.3, 0.4) is 0 Å². The highest BCUT2D eigenvalue weighted by Gasteiger charge is 2.30. The molecular weight excluding hydrogens is 432 g/mol. The average molecular weight is 461 g/mol. The van der Waals surface area contributed by atoms with Crippen LogP contribution in [0.25, 0.3) is 6.08 Å². The Balaban J connectivity index is 1.34. The summed E-state index contributed by atoms with van der Waals surface area (Å²) in [4.78, 5) is 12.5. The summed E-state index contributed by atoms with van der Waals surface area (Å²) in [5.74, 6) is -0.166. The molecule has 0 bridgehead atoms. The van der Waals surface area contributed by atoms with Gasteiger partial charge in [0.1, 0.15) is 0 Å². The van der Waals surface area contributed by atoms with E-state index in [0.717, 1.165) is 36.1 Å². The Kier molecular flexibility index (Phi) is 6.94. The molecule has 5 nitrogen and oxygen atoms in total. The molecule has 0 saturated carbocycles. The number of aryl methyl sites for hydroxylation is 1. The first kappa shape index (κ1) is 22.8. The Hall–Kier alpha value is -3.38. The van der Waals surface area contributed by atoms with E-state index in [-0.39, 0.29) is 16.8 Å². The van der Waals surface area contributed by atoms with Crippen molar-refractivity contribution in [2.45, 2.75) is 37.1 Å².